The molecular formula is C9H9ClF3N. The second kappa shape index (κ2) is 3.77. The summed E-state index contributed by atoms with van der Waals surface area (Å²) in [5, 5.41) is -0.248. The minimum Gasteiger partial charge on any atom is -0.264 e. The third kappa shape index (κ3) is 2.18. The number of alkyl halides is 3. The van der Waals surface area contributed by atoms with Crippen LogP contribution in [0.4, 0.5) is 13.2 Å². The first kappa shape index (κ1) is 11.3. The lowest BCUT2D eigenvalue weighted by molar-refractivity contribution is -0.137. The molecule has 14 heavy (non-hydrogen) atoms. The van der Waals surface area contributed by atoms with E-state index in [1.165, 1.54) is 6.20 Å². The maximum absolute atomic E-state index is 12.4. The molecule has 0 aliphatic carbocycles. The Kier molecular flexibility index (Phi) is 3.04. The fourth-order valence-electron chi connectivity index (χ4n) is 1.06. The van der Waals surface area contributed by atoms with Crippen LogP contribution in [0.3, 0.4) is 0 Å². The molecule has 78 valence electrons. The van der Waals surface area contributed by atoms with Gasteiger partial charge in [0.1, 0.15) is 0 Å². The molecule has 1 rings (SSSR count). The minimum atomic E-state index is -4.44. The Morgan fingerprint density at radius 3 is 2.29 bits per heavy atom. The zero-order valence-corrected chi connectivity index (χ0v) is 8.45. The zero-order chi connectivity index (χ0) is 10.9. The van der Waals surface area contributed by atoms with Crippen LogP contribution in [0.2, 0.25) is 5.02 Å². The predicted molar refractivity (Wildman–Crippen MR) is 48.3 cm³/mol. The molecular weight excluding hydrogens is 215 g/mol. The van der Waals surface area contributed by atoms with Crippen LogP contribution in [0.5, 0.6) is 0 Å². The summed E-state index contributed by atoms with van der Waals surface area (Å²) in [5.74, 6) is -0.0719. The highest BCUT2D eigenvalue weighted by atomic mass is 35.5. The maximum Gasteiger partial charge on any atom is 0.419 e. The van der Waals surface area contributed by atoms with Crippen molar-refractivity contribution in [3.63, 3.8) is 0 Å². The fraction of sp³-hybridized carbons (Fsp3) is 0.444. The highest BCUT2D eigenvalue weighted by Gasteiger charge is 2.34. The summed E-state index contributed by atoms with van der Waals surface area (Å²) in [6, 6.07) is 0. The van der Waals surface area contributed by atoms with Crippen LogP contribution in [-0.4, -0.2) is 4.98 Å². The summed E-state index contributed by atoms with van der Waals surface area (Å²) in [6.45, 7) is 3.53. The average molecular weight is 224 g/mol. The number of halogens is 4. The van der Waals surface area contributed by atoms with Crippen LogP contribution >= 0.6 is 11.6 Å². The topological polar surface area (TPSA) is 12.9 Å². The van der Waals surface area contributed by atoms with Crippen molar-refractivity contribution < 1.29 is 13.2 Å². The quantitative estimate of drug-likeness (QED) is 0.704. The molecule has 0 unspecified atom stereocenters. The van der Waals surface area contributed by atoms with Gasteiger partial charge in [0.2, 0.25) is 0 Å². The van der Waals surface area contributed by atoms with E-state index in [2.05, 4.69) is 4.98 Å². The molecule has 1 aromatic rings. The smallest absolute Gasteiger partial charge is 0.264 e. The van der Waals surface area contributed by atoms with Crippen molar-refractivity contribution in [1.29, 1.82) is 0 Å². The fourth-order valence-corrected chi connectivity index (χ4v) is 1.48. The molecule has 0 fully saturated rings. The first-order valence-corrected chi connectivity index (χ1v) is 4.42. The Balaban J connectivity index is 3.28. The minimum absolute atomic E-state index is 0.0719. The van der Waals surface area contributed by atoms with Crippen molar-refractivity contribution in [1.82, 2.24) is 4.98 Å². The van der Waals surface area contributed by atoms with Crippen LogP contribution in [-0.2, 0) is 6.18 Å². The van der Waals surface area contributed by atoms with Gasteiger partial charge >= 0.3 is 6.18 Å². The van der Waals surface area contributed by atoms with Gasteiger partial charge in [0, 0.05) is 12.4 Å². The Labute approximate surface area is 84.9 Å². The molecule has 0 bridgehead atoms. The van der Waals surface area contributed by atoms with Crippen LogP contribution in [0.1, 0.15) is 30.9 Å². The Hall–Kier alpha value is -0.770. The van der Waals surface area contributed by atoms with Crippen molar-refractivity contribution in [2.75, 3.05) is 0 Å². The highest BCUT2D eigenvalue weighted by molar-refractivity contribution is 6.32. The van der Waals surface area contributed by atoms with E-state index in [0.29, 0.717) is 5.56 Å². The van der Waals surface area contributed by atoms with Gasteiger partial charge in [0.05, 0.1) is 10.6 Å². The number of rotatable bonds is 1. The van der Waals surface area contributed by atoms with Gasteiger partial charge < -0.3 is 0 Å². The van der Waals surface area contributed by atoms with Crippen LogP contribution in [0.25, 0.3) is 0 Å². The molecule has 1 nitrogen and oxygen atoms in total. The summed E-state index contributed by atoms with van der Waals surface area (Å²) in [7, 11) is 0. The Bertz CT molecular complexity index is 333. The van der Waals surface area contributed by atoms with E-state index in [-0.39, 0.29) is 10.9 Å². The highest BCUT2D eigenvalue weighted by Crippen LogP contribution is 2.37. The standard InChI is InChI=1S/C9H9ClF3N/c1-5(2)6-3-14-4-7(8(6)10)9(11,12)13/h3-5H,1-2H3. The molecule has 0 saturated heterocycles. The van der Waals surface area contributed by atoms with E-state index in [4.69, 9.17) is 11.6 Å². The van der Waals surface area contributed by atoms with Crippen molar-refractivity contribution in [2.24, 2.45) is 0 Å². The van der Waals surface area contributed by atoms with Gasteiger partial charge in [-0.05, 0) is 11.5 Å². The first-order valence-electron chi connectivity index (χ1n) is 4.04. The first-order chi connectivity index (χ1) is 6.34. The molecule has 0 aliphatic rings. The molecule has 0 saturated carbocycles. The van der Waals surface area contributed by atoms with Crippen molar-refractivity contribution >= 4 is 11.6 Å². The molecule has 1 aromatic heterocycles. The lowest BCUT2D eigenvalue weighted by atomic mass is 10.0. The number of aromatic nitrogens is 1. The Morgan fingerprint density at radius 2 is 1.86 bits per heavy atom. The molecule has 0 aromatic carbocycles. The van der Waals surface area contributed by atoms with Crippen molar-refractivity contribution in [3.8, 4) is 0 Å². The number of pyridine rings is 1. The summed E-state index contributed by atoms with van der Waals surface area (Å²) < 4.78 is 37.1. The molecule has 0 atom stereocenters. The van der Waals surface area contributed by atoms with E-state index in [1.54, 1.807) is 13.8 Å². The van der Waals surface area contributed by atoms with E-state index in [1.807, 2.05) is 0 Å². The average Bonchev–Trinajstić information content (AvgIpc) is 2.01. The van der Waals surface area contributed by atoms with Crippen LogP contribution in [0, 0.1) is 0 Å². The van der Waals surface area contributed by atoms with Gasteiger partial charge in [-0.15, -0.1) is 0 Å². The molecule has 0 radical (unpaired) electrons. The van der Waals surface area contributed by atoms with Gasteiger partial charge in [-0.1, -0.05) is 25.4 Å². The van der Waals surface area contributed by atoms with E-state index in [0.717, 1.165) is 6.20 Å². The second-order valence-electron chi connectivity index (χ2n) is 3.24. The molecule has 5 heteroatoms. The summed E-state index contributed by atoms with van der Waals surface area (Å²) in [4.78, 5) is 3.53. The lowest BCUT2D eigenvalue weighted by Crippen LogP contribution is -2.08. The van der Waals surface area contributed by atoms with Crippen LogP contribution in [0.15, 0.2) is 12.4 Å². The molecule has 0 N–H and O–H groups in total. The summed E-state index contributed by atoms with van der Waals surface area (Å²) in [5.41, 5.74) is -0.452. The molecule has 0 spiro atoms. The lowest BCUT2D eigenvalue weighted by Gasteiger charge is -2.13. The maximum atomic E-state index is 12.4. The predicted octanol–water partition coefficient (Wildman–Crippen LogP) is 3.88. The molecule has 0 amide bonds. The van der Waals surface area contributed by atoms with Gasteiger partial charge in [0.15, 0.2) is 0 Å². The SMILES string of the molecule is CC(C)c1cncc(C(F)(F)F)c1Cl. The summed E-state index contributed by atoms with van der Waals surface area (Å²) >= 11 is 5.63. The van der Waals surface area contributed by atoms with Gasteiger partial charge in [-0.3, -0.25) is 4.98 Å². The van der Waals surface area contributed by atoms with E-state index < -0.39 is 11.7 Å². The normalized spacial score (nSPS) is 12.2. The van der Waals surface area contributed by atoms with Gasteiger partial charge in [-0.2, -0.15) is 13.2 Å². The Morgan fingerprint density at radius 1 is 1.29 bits per heavy atom. The van der Waals surface area contributed by atoms with E-state index >= 15 is 0 Å². The molecule has 1 heterocycles. The summed E-state index contributed by atoms with van der Waals surface area (Å²) in [6.07, 6.45) is -2.33. The monoisotopic (exact) mass is 223 g/mol. The number of nitrogens with zero attached hydrogens (tertiary/aromatic N) is 1. The third-order valence-corrected chi connectivity index (χ3v) is 2.26. The molecule has 0 aliphatic heterocycles. The van der Waals surface area contributed by atoms with Crippen LogP contribution < -0.4 is 0 Å². The van der Waals surface area contributed by atoms with Crippen molar-refractivity contribution in [3.05, 3.63) is 28.5 Å². The van der Waals surface area contributed by atoms with Crippen molar-refractivity contribution in [2.45, 2.75) is 25.9 Å². The second-order valence-corrected chi connectivity index (χ2v) is 3.62. The van der Waals surface area contributed by atoms with E-state index in [9.17, 15) is 13.2 Å². The largest absolute Gasteiger partial charge is 0.419 e. The van der Waals surface area contributed by atoms with Gasteiger partial charge in [0.25, 0.3) is 0 Å². The van der Waals surface area contributed by atoms with Gasteiger partial charge in [-0.25, -0.2) is 0 Å². The number of hydrogen-bond donors (Lipinski definition) is 0. The zero-order valence-electron chi connectivity index (χ0n) is 7.69. The number of hydrogen-bond acceptors (Lipinski definition) is 1. The third-order valence-electron chi connectivity index (χ3n) is 1.83.